The van der Waals surface area contributed by atoms with Gasteiger partial charge in [0.05, 0.1) is 16.9 Å². The first kappa shape index (κ1) is 11.0. The maximum absolute atomic E-state index is 12.0. The summed E-state index contributed by atoms with van der Waals surface area (Å²) >= 11 is 0. The number of para-hydroxylation sites is 2. The van der Waals surface area contributed by atoms with Gasteiger partial charge < -0.3 is 11.1 Å². The minimum atomic E-state index is -0.669. The maximum Gasteiger partial charge on any atom is 0.244 e. The summed E-state index contributed by atoms with van der Waals surface area (Å²) in [6.07, 6.45) is 5.04. The number of rotatable bonds is 3. The molecule has 92 valence electrons. The summed E-state index contributed by atoms with van der Waals surface area (Å²) in [5.74, 6) is -0.123. The topological polar surface area (TPSA) is 72.9 Å². The molecule has 0 atom stereocenters. The molecule has 0 spiro atoms. The molecule has 1 aliphatic carbocycles. The van der Waals surface area contributed by atoms with Gasteiger partial charge in [0.25, 0.3) is 0 Å². The minimum absolute atomic E-state index is 0.123. The van der Waals surface area contributed by atoms with Crippen LogP contribution in [0.25, 0.3) is 5.69 Å². The van der Waals surface area contributed by atoms with Crippen molar-refractivity contribution in [3.8, 4) is 5.69 Å². The number of nitrogens with one attached hydrogen (secondary N) is 1. The zero-order valence-corrected chi connectivity index (χ0v) is 9.84. The number of amides is 1. The van der Waals surface area contributed by atoms with Crippen LogP contribution in [0.5, 0.6) is 0 Å². The number of hydrogen-bond acceptors (Lipinski definition) is 3. The molecule has 5 heteroatoms. The van der Waals surface area contributed by atoms with Gasteiger partial charge in [0.15, 0.2) is 0 Å². The Balaban J connectivity index is 1.90. The fourth-order valence-electron chi connectivity index (χ4n) is 1.80. The molecule has 0 unspecified atom stereocenters. The highest BCUT2D eigenvalue weighted by Gasteiger charge is 2.46. The summed E-state index contributed by atoms with van der Waals surface area (Å²) in [5.41, 5.74) is 6.76. The lowest BCUT2D eigenvalue weighted by Crippen LogP contribution is -2.38. The predicted octanol–water partition coefficient (Wildman–Crippen LogP) is 1.30. The van der Waals surface area contributed by atoms with E-state index in [9.17, 15) is 4.79 Å². The van der Waals surface area contributed by atoms with Crippen molar-refractivity contribution in [1.29, 1.82) is 0 Å². The fraction of sp³-hybridized carbons (Fsp3) is 0.231. The number of carbonyl (C=O) groups excluding carboxylic acids is 1. The van der Waals surface area contributed by atoms with Crippen LogP contribution >= 0.6 is 0 Å². The number of anilines is 1. The Morgan fingerprint density at radius 3 is 2.78 bits per heavy atom. The molecule has 18 heavy (non-hydrogen) atoms. The first-order valence-corrected chi connectivity index (χ1v) is 5.88. The van der Waals surface area contributed by atoms with Crippen molar-refractivity contribution in [2.24, 2.45) is 5.73 Å². The second-order valence-electron chi connectivity index (χ2n) is 4.58. The van der Waals surface area contributed by atoms with Gasteiger partial charge in [-0.3, -0.25) is 4.79 Å². The van der Waals surface area contributed by atoms with Crippen LogP contribution < -0.4 is 11.1 Å². The molecule has 1 saturated carbocycles. The van der Waals surface area contributed by atoms with Crippen LogP contribution in [-0.4, -0.2) is 21.2 Å². The summed E-state index contributed by atoms with van der Waals surface area (Å²) in [6.45, 7) is 0. The van der Waals surface area contributed by atoms with Gasteiger partial charge >= 0.3 is 0 Å². The van der Waals surface area contributed by atoms with Crippen LogP contribution in [0.1, 0.15) is 12.8 Å². The second-order valence-corrected chi connectivity index (χ2v) is 4.58. The van der Waals surface area contributed by atoms with Crippen LogP contribution in [0, 0.1) is 0 Å². The Morgan fingerprint density at radius 1 is 1.33 bits per heavy atom. The maximum atomic E-state index is 12.0. The molecule has 1 fully saturated rings. The highest BCUT2D eigenvalue weighted by molar-refractivity contribution is 6.01. The molecule has 3 N–H and O–H groups in total. The van der Waals surface area contributed by atoms with Crippen molar-refractivity contribution >= 4 is 11.6 Å². The van der Waals surface area contributed by atoms with Crippen molar-refractivity contribution in [2.45, 2.75) is 18.4 Å². The van der Waals surface area contributed by atoms with Crippen LogP contribution in [0.15, 0.2) is 42.7 Å². The smallest absolute Gasteiger partial charge is 0.244 e. The standard InChI is InChI=1S/C13H14N4O/c14-13(6-7-13)12(18)16-10-4-1-2-5-11(10)17-9-3-8-15-17/h1-5,8-9H,6-7,14H2,(H,16,18). The summed E-state index contributed by atoms with van der Waals surface area (Å²) in [6, 6.07) is 9.37. The highest BCUT2D eigenvalue weighted by Crippen LogP contribution is 2.33. The SMILES string of the molecule is NC1(C(=O)Nc2ccccc2-n2cccn2)CC1. The third-order valence-corrected chi connectivity index (χ3v) is 3.14. The molecule has 0 saturated heterocycles. The largest absolute Gasteiger partial charge is 0.323 e. The van der Waals surface area contributed by atoms with Gasteiger partial charge in [-0.2, -0.15) is 5.10 Å². The third-order valence-electron chi connectivity index (χ3n) is 3.14. The second kappa shape index (κ2) is 3.96. The van der Waals surface area contributed by atoms with Gasteiger partial charge in [-0.15, -0.1) is 0 Å². The van der Waals surface area contributed by atoms with Crippen molar-refractivity contribution in [3.05, 3.63) is 42.7 Å². The third kappa shape index (κ3) is 1.89. The van der Waals surface area contributed by atoms with E-state index in [1.165, 1.54) is 0 Å². The Labute approximate surface area is 105 Å². The predicted molar refractivity (Wildman–Crippen MR) is 68.3 cm³/mol. The lowest BCUT2D eigenvalue weighted by Gasteiger charge is -2.13. The molecule has 1 aromatic carbocycles. The van der Waals surface area contributed by atoms with Crippen LogP contribution in [-0.2, 0) is 4.79 Å². The van der Waals surface area contributed by atoms with Gasteiger partial charge in [0, 0.05) is 12.4 Å². The number of nitrogens with two attached hydrogens (primary N) is 1. The lowest BCUT2D eigenvalue weighted by molar-refractivity contribution is -0.118. The average molecular weight is 242 g/mol. The molecule has 1 heterocycles. The number of benzene rings is 1. The first-order chi connectivity index (χ1) is 8.69. The van der Waals surface area contributed by atoms with E-state index in [1.807, 2.05) is 36.5 Å². The van der Waals surface area contributed by atoms with Crippen LogP contribution in [0.2, 0.25) is 0 Å². The van der Waals surface area contributed by atoms with Gasteiger partial charge in [-0.1, -0.05) is 12.1 Å². The van der Waals surface area contributed by atoms with Crippen molar-refractivity contribution in [2.75, 3.05) is 5.32 Å². The van der Waals surface area contributed by atoms with Crippen molar-refractivity contribution < 1.29 is 4.79 Å². The van der Waals surface area contributed by atoms with Gasteiger partial charge in [0.1, 0.15) is 0 Å². The highest BCUT2D eigenvalue weighted by atomic mass is 16.2. The molecule has 1 aromatic heterocycles. The molecule has 3 rings (SSSR count). The number of nitrogens with zero attached hydrogens (tertiary/aromatic N) is 2. The summed E-state index contributed by atoms with van der Waals surface area (Å²) in [7, 11) is 0. The summed E-state index contributed by atoms with van der Waals surface area (Å²) in [5, 5.41) is 7.04. The molecule has 1 aliphatic rings. The molecular formula is C13H14N4O. The van der Waals surface area contributed by atoms with E-state index in [-0.39, 0.29) is 5.91 Å². The van der Waals surface area contributed by atoms with E-state index >= 15 is 0 Å². The fourth-order valence-corrected chi connectivity index (χ4v) is 1.80. The van der Waals surface area contributed by atoms with Crippen LogP contribution in [0.3, 0.4) is 0 Å². The summed E-state index contributed by atoms with van der Waals surface area (Å²) in [4.78, 5) is 12.0. The van der Waals surface area contributed by atoms with E-state index < -0.39 is 5.54 Å². The van der Waals surface area contributed by atoms with E-state index in [0.717, 1.165) is 24.2 Å². The Kier molecular flexibility index (Phi) is 2.41. The van der Waals surface area contributed by atoms with E-state index in [2.05, 4.69) is 10.4 Å². The lowest BCUT2D eigenvalue weighted by atomic mass is 10.2. The van der Waals surface area contributed by atoms with E-state index in [0.29, 0.717) is 0 Å². The minimum Gasteiger partial charge on any atom is -0.323 e. The number of aromatic nitrogens is 2. The molecule has 0 bridgehead atoms. The molecule has 1 amide bonds. The number of hydrogen-bond donors (Lipinski definition) is 2. The zero-order chi connectivity index (χ0) is 12.6. The average Bonchev–Trinajstić information content (AvgIpc) is 2.93. The van der Waals surface area contributed by atoms with Crippen LogP contribution in [0.4, 0.5) is 5.69 Å². The van der Waals surface area contributed by atoms with Gasteiger partial charge in [0.2, 0.25) is 5.91 Å². The van der Waals surface area contributed by atoms with Gasteiger partial charge in [-0.25, -0.2) is 4.68 Å². The quantitative estimate of drug-likeness (QED) is 0.852. The molecule has 0 aliphatic heterocycles. The number of carbonyl (C=O) groups is 1. The molecular weight excluding hydrogens is 228 g/mol. The van der Waals surface area contributed by atoms with E-state index in [4.69, 9.17) is 5.73 Å². The normalized spacial score (nSPS) is 16.3. The molecule has 5 nitrogen and oxygen atoms in total. The summed E-state index contributed by atoms with van der Waals surface area (Å²) < 4.78 is 1.71. The Bertz CT molecular complexity index is 572. The monoisotopic (exact) mass is 242 g/mol. The first-order valence-electron chi connectivity index (χ1n) is 5.88. The zero-order valence-electron chi connectivity index (χ0n) is 9.84. The van der Waals surface area contributed by atoms with Crippen molar-refractivity contribution in [3.63, 3.8) is 0 Å². The molecule has 0 radical (unpaired) electrons. The Morgan fingerprint density at radius 2 is 2.11 bits per heavy atom. The van der Waals surface area contributed by atoms with Crippen molar-refractivity contribution in [1.82, 2.24) is 9.78 Å². The Hall–Kier alpha value is -2.14. The molecule has 2 aromatic rings. The van der Waals surface area contributed by atoms with E-state index in [1.54, 1.807) is 10.9 Å². The van der Waals surface area contributed by atoms with Gasteiger partial charge in [-0.05, 0) is 31.0 Å².